The van der Waals surface area contributed by atoms with E-state index in [1.165, 1.54) is 10.6 Å². The minimum absolute atomic E-state index is 0.352. The van der Waals surface area contributed by atoms with Crippen molar-refractivity contribution in [2.24, 2.45) is 5.10 Å². The number of hydrogen-bond donors (Lipinski definition) is 1. The fourth-order valence-corrected chi connectivity index (χ4v) is 1.39. The Morgan fingerprint density at radius 3 is 1.84 bits per heavy atom. The van der Waals surface area contributed by atoms with E-state index in [0.29, 0.717) is 5.84 Å². The third-order valence-corrected chi connectivity index (χ3v) is 2.52. The fraction of sp³-hybridized carbons (Fsp3) is 0.125. The zero-order valence-electron chi connectivity index (χ0n) is 11.4. The van der Waals surface area contributed by atoms with Crippen molar-refractivity contribution in [2.75, 3.05) is 7.05 Å². The number of aryl methyl sites for hydroxylation is 1. The summed E-state index contributed by atoms with van der Waals surface area (Å²) in [6.45, 7) is 5.43. The molecule has 2 aromatic rings. The van der Waals surface area contributed by atoms with Crippen molar-refractivity contribution < 1.29 is 0 Å². The van der Waals surface area contributed by atoms with Crippen molar-refractivity contribution in [2.45, 2.75) is 6.92 Å². The van der Waals surface area contributed by atoms with Gasteiger partial charge in [0.25, 0.3) is 0 Å². The molecule has 3 nitrogen and oxygen atoms in total. The topological polar surface area (TPSA) is 39.5 Å². The lowest BCUT2D eigenvalue weighted by Crippen LogP contribution is -2.20. The summed E-state index contributed by atoms with van der Waals surface area (Å²) in [6, 6.07) is 19.7. The van der Waals surface area contributed by atoms with Gasteiger partial charge in [-0.05, 0) is 6.92 Å². The molecule has 0 aliphatic carbocycles. The Balaban J connectivity index is 0.000000218. The molecule has 0 aliphatic rings. The van der Waals surface area contributed by atoms with Crippen LogP contribution >= 0.6 is 0 Å². The van der Waals surface area contributed by atoms with E-state index in [1.54, 1.807) is 7.05 Å². The fourth-order valence-electron chi connectivity index (χ4n) is 1.39. The van der Waals surface area contributed by atoms with Gasteiger partial charge in [0.2, 0.25) is 0 Å². The van der Waals surface area contributed by atoms with Gasteiger partial charge in [-0.15, -0.1) is 0 Å². The Bertz CT molecular complexity index is 506. The van der Waals surface area contributed by atoms with Crippen LogP contribution in [0.4, 0.5) is 0 Å². The van der Waals surface area contributed by atoms with E-state index < -0.39 is 0 Å². The van der Waals surface area contributed by atoms with Crippen molar-refractivity contribution in [1.29, 1.82) is 5.41 Å². The number of benzene rings is 2. The number of nitrogens with one attached hydrogen (secondary N) is 1. The van der Waals surface area contributed by atoms with Crippen LogP contribution in [0.15, 0.2) is 65.8 Å². The molecule has 2 aromatic carbocycles. The van der Waals surface area contributed by atoms with Gasteiger partial charge in [-0.3, -0.25) is 10.4 Å². The minimum atomic E-state index is 0.352. The lowest BCUT2D eigenvalue weighted by molar-refractivity contribution is 0.547. The molecular weight excluding hydrogens is 234 g/mol. The minimum Gasteiger partial charge on any atom is -0.283 e. The molecule has 98 valence electrons. The van der Waals surface area contributed by atoms with Gasteiger partial charge < -0.3 is 0 Å². The Morgan fingerprint density at radius 2 is 1.47 bits per heavy atom. The Morgan fingerprint density at radius 1 is 1.00 bits per heavy atom. The molecular formula is C16H19N3. The average Bonchev–Trinajstić information content (AvgIpc) is 2.48. The number of rotatable bonds is 2. The molecule has 2 rings (SSSR count). The monoisotopic (exact) mass is 253 g/mol. The van der Waals surface area contributed by atoms with Crippen LogP contribution in [0.1, 0.15) is 11.1 Å². The molecule has 0 aliphatic heterocycles. The van der Waals surface area contributed by atoms with Gasteiger partial charge in [0.15, 0.2) is 0 Å². The van der Waals surface area contributed by atoms with Crippen molar-refractivity contribution in [3.05, 3.63) is 71.8 Å². The van der Waals surface area contributed by atoms with E-state index in [4.69, 9.17) is 5.41 Å². The number of nitrogens with zero attached hydrogens (tertiary/aromatic N) is 2. The number of hydrogen-bond acceptors (Lipinski definition) is 2. The van der Waals surface area contributed by atoms with Crippen LogP contribution < -0.4 is 0 Å². The first kappa shape index (κ1) is 14.6. The molecule has 0 atom stereocenters. The summed E-state index contributed by atoms with van der Waals surface area (Å²) in [5.41, 5.74) is 2.16. The quantitative estimate of drug-likeness (QED) is 0.496. The SMILES string of the molecule is C=NN(C)C(=N)c1ccccc1.Cc1ccccc1. The maximum Gasteiger partial charge on any atom is 0.148 e. The summed E-state index contributed by atoms with van der Waals surface area (Å²) in [4.78, 5) is 0. The third-order valence-electron chi connectivity index (χ3n) is 2.52. The standard InChI is InChI=1S/C9H11N3.C7H8/c1-11-12(2)9(10)8-6-4-3-5-7-8;1-7-5-3-2-4-6-7/h3-7,10H,1H2,2H3;2-6H,1H3. The van der Waals surface area contributed by atoms with Gasteiger partial charge in [-0.2, -0.15) is 5.10 Å². The van der Waals surface area contributed by atoms with Crippen LogP contribution in [0.25, 0.3) is 0 Å². The van der Waals surface area contributed by atoms with Crippen LogP contribution in [-0.4, -0.2) is 24.6 Å². The first-order chi connectivity index (χ1) is 9.15. The number of amidine groups is 1. The van der Waals surface area contributed by atoms with E-state index in [9.17, 15) is 0 Å². The summed E-state index contributed by atoms with van der Waals surface area (Å²) in [7, 11) is 1.70. The van der Waals surface area contributed by atoms with E-state index in [-0.39, 0.29) is 0 Å². The Kier molecular flexibility index (Phi) is 6.03. The smallest absolute Gasteiger partial charge is 0.148 e. The molecule has 0 saturated heterocycles. The lowest BCUT2D eigenvalue weighted by Gasteiger charge is -2.12. The molecule has 0 bridgehead atoms. The zero-order valence-corrected chi connectivity index (χ0v) is 11.4. The van der Waals surface area contributed by atoms with Crippen molar-refractivity contribution in [3.63, 3.8) is 0 Å². The molecule has 19 heavy (non-hydrogen) atoms. The maximum absolute atomic E-state index is 7.63. The molecule has 3 heteroatoms. The highest BCUT2D eigenvalue weighted by Crippen LogP contribution is 2.02. The molecule has 0 amide bonds. The molecule has 0 saturated carbocycles. The van der Waals surface area contributed by atoms with Gasteiger partial charge >= 0.3 is 0 Å². The molecule has 1 N–H and O–H groups in total. The largest absolute Gasteiger partial charge is 0.283 e. The van der Waals surface area contributed by atoms with Crippen LogP contribution in [0.5, 0.6) is 0 Å². The molecule has 0 radical (unpaired) electrons. The highest BCUT2D eigenvalue weighted by Gasteiger charge is 2.02. The second-order valence-corrected chi connectivity index (χ2v) is 4.03. The van der Waals surface area contributed by atoms with E-state index in [0.717, 1.165) is 5.56 Å². The Hall–Kier alpha value is -2.42. The summed E-state index contributed by atoms with van der Waals surface area (Å²) in [5, 5.41) is 12.7. The van der Waals surface area contributed by atoms with E-state index >= 15 is 0 Å². The second-order valence-electron chi connectivity index (χ2n) is 4.03. The molecule has 0 aromatic heterocycles. The van der Waals surface area contributed by atoms with Crippen LogP contribution in [0.2, 0.25) is 0 Å². The highest BCUT2D eigenvalue weighted by molar-refractivity contribution is 5.96. The average molecular weight is 253 g/mol. The summed E-state index contributed by atoms with van der Waals surface area (Å²) in [5.74, 6) is 0.352. The summed E-state index contributed by atoms with van der Waals surface area (Å²) < 4.78 is 0. The van der Waals surface area contributed by atoms with Crippen molar-refractivity contribution >= 4 is 12.6 Å². The normalized spacial score (nSPS) is 8.95. The van der Waals surface area contributed by atoms with Crippen molar-refractivity contribution in [1.82, 2.24) is 5.01 Å². The molecule has 0 heterocycles. The van der Waals surface area contributed by atoms with Crippen LogP contribution in [-0.2, 0) is 0 Å². The summed E-state index contributed by atoms with van der Waals surface area (Å²) >= 11 is 0. The van der Waals surface area contributed by atoms with Gasteiger partial charge in [-0.25, -0.2) is 0 Å². The predicted octanol–water partition coefficient (Wildman–Crippen LogP) is 3.55. The van der Waals surface area contributed by atoms with E-state index in [1.807, 2.05) is 48.5 Å². The number of hydrazone groups is 1. The van der Waals surface area contributed by atoms with Gasteiger partial charge in [0.1, 0.15) is 5.84 Å². The third kappa shape index (κ3) is 5.17. The van der Waals surface area contributed by atoms with E-state index in [2.05, 4.69) is 30.9 Å². The first-order valence-corrected chi connectivity index (χ1v) is 6.01. The van der Waals surface area contributed by atoms with Crippen LogP contribution in [0.3, 0.4) is 0 Å². The molecule has 0 spiro atoms. The first-order valence-electron chi connectivity index (χ1n) is 6.01. The Labute approximate surface area is 114 Å². The second kappa shape index (κ2) is 7.82. The predicted molar refractivity (Wildman–Crippen MR) is 81.8 cm³/mol. The zero-order chi connectivity index (χ0) is 14.1. The molecule has 0 unspecified atom stereocenters. The lowest BCUT2D eigenvalue weighted by atomic mass is 10.2. The van der Waals surface area contributed by atoms with Gasteiger partial charge in [-0.1, -0.05) is 66.2 Å². The highest BCUT2D eigenvalue weighted by atomic mass is 15.4. The van der Waals surface area contributed by atoms with Crippen molar-refractivity contribution in [3.8, 4) is 0 Å². The van der Waals surface area contributed by atoms with Crippen LogP contribution in [0, 0.1) is 12.3 Å². The van der Waals surface area contributed by atoms with Gasteiger partial charge in [0, 0.05) is 19.3 Å². The van der Waals surface area contributed by atoms with Gasteiger partial charge in [0.05, 0.1) is 0 Å². The maximum atomic E-state index is 7.63. The summed E-state index contributed by atoms with van der Waals surface area (Å²) in [6.07, 6.45) is 0. The molecule has 0 fully saturated rings.